The molecule has 1 fully saturated rings. The first kappa shape index (κ1) is 11.1. The smallest absolute Gasteiger partial charge is 0.315 e. The van der Waals surface area contributed by atoms with Crippen molar-refractivity contribution in [3.8, 4) is 0 Å². The van der Waals surface area contributed by atoms with Gasteiger partial charge in [-0.05, 0) is 19.8 Å². The van der Waals surface area contributed by atoms with Crippen LogP contribution < -0.4 is 5.32 Å². The van der Waals surface area contributed by atoms with Crippen LogP contribution in [0.3, 0.4) is 0 Å². The van der Waals surface area contributed by atoms with Gasteiger partial charge >= 0.3 is 11.8 Å². The first-order chi connectivity index (χ1) is 7.30. The van der Waals surface area contributed by atoms with Gasteiger partial charge in [0.15, 0.2) is 5.82 Å². The van der Waals surface area contributed by atoms with Gasteiger partial charge in [0, 0.05) is 11.0 Å². The van der Waals surface area contributed by atoms with Gasteiger partial charge in [0.25, 0.3) is 0 Å². The second kappa shape index (κ2) is 3.30. The van der Waals surface area contributed by atoms with Crippen LogP contribution in [-0.4, -0.2) is 21.6 Å². The molecule has 0 aliphatic heterocycles. The Morgan fingerprint density at radius 3 is 2.50 bits per heavy atom. The van der Waals surface area contributed by atoms with Crippen LogP contribution in [0.2, 0.25) is 0 Å². The van der Waals surface area contributed by atoms with Crippen molar-refractivity contribution in [3.63, 3.8) is 0 Å². The average Bonchev–Trinajstić information content (AvgIpc) is 2.68. The number of aromatic nitrogens is 2. The second-order valence-corrected chi connectivity index (χ2v) is 5.69. The molecular formula is C11H17N3O2. The number of carbonyl (C=O) groups excluding carboxylic acids is 1. The van der Waals surface area contributed by atoms with E-state index in [9.17, 15) is 4.79 Å². The highest BCUT2D eigenvalue weighted by Gasteiger charge is 2.40. The Morgan fingerprint density at radius 2 is 2.06 bits per heavy atom. The molecule has 0 aromatic carbocycles. The summed E-state index contributed by atoms with van der Waals surface area (Å²) in [6.45, 7) is 7.93. The van der Waals surface area contributed by atoms with Gasteiger partial charge in [-0.25, -0.2) is 0 Å². The standard InChI is InChI=1S/C11H17N3O2/c1-10(2,3)9-12-8(16-14-9)7(15)13-11(4)5-6-11/h5-6H2,1-4H3,(H,13,15). The highest BCUT2D eigenvalue weighted by molar-refractivity contribution is 5.90. The number of carbonyl (C=O) groups is 1. The lowest BCUT2D eigenvalue weighted by Gasteiger charge is -2.11. The van der Waals surface area contributed by atoms with E-state index in [0.29, 0.717) is 5.82 Å². The molecule has 1 N–H and O–H groups in total. The van der Waals surface area contributed by atoms with Crippen LogP contribution in [0.4, 0.5) is 0 Å². The van der Waals surface area contributed by atoms with Crippen LogP contribution >= 0.6 is 0 Å². The SMILES string of the molecule is CC1(NC(=O)c2nc(C(C)(C)C)no2)CC1. The summed E-state index contributed by atoms with van der Waals surface area (Å²) < 4.78 is 4.95. The third-order valence-corrected chi connectivity index (χ3v) is 2.71. The van der Waals surface area contributed by atoms with E-state index in [-0.39, 0.29) is 22.8 Å². The van der Waals surface area contributed by atoms with Crippen molar-refractivity contribution in [2.45, 2.75) is 51.5 Å². The van der Waals surface area contributed by atoms with Gasteiger partial charge in [-0.1, -0.05) is 25.9 Å². The quantitative estimate of drug-likeness (QED) is 0.827. The maximum atomic E-state index is 11.7. The fourth-order valence-electron chi connectivity index (χ4n) is 1.26. The Balaban J connectivity index is 2.09. The average molecular weight is 223 g/mol. The maximum absolute atomic E-state index is 11.7. The molecule has 0 radical (unpaired) electrons. The topological polar surface area (TPSA) is 68.0 Å². The monoisotopic (exact) mass is 223 g/mol. The van der Waals surface area contributed by atoms with Crippen molar-refractivity contribution < 1.29 is 9.32 Å². The zero-order chi connectivity index (χ0) is 12.0. The van der Waals surface area contributed by atoms with E-state index in [2.05, 4.69) is 15.5 Å². The Labute approximate surface area is 94.6 Å². The van der Waals surface area contributed by atoms with Crippen LogP contribution in [0.25, 0.3) is 0 Å². The molecule has 0 atom stereocenters. The van der Waals surface area contributed by atoms with Crippen molar-refractivity contribution in [2.24, 2.45) is 0 Å². The molecule has 88 valence electrons. The van der Waals surface area contributed by atoms with Gasteiger partial charge in [-0.2, -0.15) is 4.98 Å². The number of nitrogens with zero attached hydrogens (tertiary/aromatic N) is 2. The van der Waals surface area contributed by atoms with E-state index in [1.807, 2.05) is 27.7 Å². The van der Waals surface area contributed by atoms with Crippen molar-refractivity contribution in [1.82, 2.24) is 15.5 Å². The number of rotatable bonds is 2. The van der Waals surface area contributed by atoms with Gasteiger partial charge in [-0.3, -0.25) is 4.79 Å². The fourth-order valence-corrected chi connectivity index (χ4v) is 1.26. The van der Waals surface area contributed by atoms with Gasteiger partial charge in [-0.15, -0.1) is 0 Å². The second-order valence-electron chi connectivity index (χ2n) is 5.69. The summed E-state index contributed by atoms with van der Waals surface area (Å²) >= 11 is 0. The molecule has 0 unspecified atom stereocenters. The highest BCUT2D eigenvalue weighted by Crippen LogP contribution is 2.34. The van der Waals surface area contributed by atoms with E-state index in [4.69, 9.17) is 4.52 Å². The normalized spacial score (nSPS) is 18.2. The number of hydrogen-bond donors (Lipinski definition) is 1. The summed E-state index contributed by atoms with van der Waals surface area (Å²) in [5.41, 5.74) is -0.265. The van der Waals surface area contributed by atoms with E-state index in [0.717, 1.165) is 12.8 Å². The first-order valence-electron chi connectivity index (χ1n) is 5.47. The van der Waals surface area contributed by atoms with Gasteiger partial charge < -0.3 is 9.84 Å². The lowest BCUT2D eigenvalue weighted by molar-refractivity contribution is 0.0891. The highest BCUT2D eigenvalue weighted by atomic mass is 16.5. The van der Waals surface area contributed by atoms with Crippen LogP contribution in [0.5, 0.6) is 0 Å². The molecule has 5 heteroatoms. The molecule has 0 spiro atoms. The first-order valence-corrected chi connectivity index (χ1v) is 5.47. The summed E-state index contributed by atoms with van der Waals surface area (Å²) in [6, 6.07) is 0. The van der Waals surface area contributed by atoms with E-state index in [1.165, 1.54) is 0 Å². The maximum Gasteiger partial charge on any atom is 0.315 e. The van der Waals surface area contributed by atoms with Crippen molar-refractivity contribution in [3.05, 3.63) is 11.7 Å². The van der Waals surface area contributed by atoms with E-state index in [1.54, 1.807) is 0 Å². The molecule has 1 aliphatic carbocycles. The van der Waals surface area contributed by atoms with E-state index < -0.39 is 0 Å². The van der Waals surface area contributed by atoms with Crippen molar-refractivity contribution in [2.75, 3.05) is 0 Å². The van der Waals surface area contributed by atoms with Crippen LogP contribution in [-0.2, 0) is 5.41 Å². The minimum atomic E-state index is -0.275. The van der Waals surface area contributed by atoms with Crippen molar-refractivity contribution >= 4 is 5.91 Å². The predicted octanol–water partition coefficient (Wildman–Crippen LogP) is 1.65. The van der Waals surface area contributed by atoms with Gasteiger partial charge in [0.05, 0.1) is 0 Å². The molecule has 1 amide bonds. The third kappa shape index (κ3) is 2.23. The minimum absolute atomic E-state index is 0.0537. The summed E-state index contributed by atoms with van der Waals surface area (Å²) in [5.74, 6) is 0.333. The number of amides is 1. The molecule has 1 aromatic heterocycles. The van der Waals surface area contributed by atoms with Gasteiger partial charge in [0.2, 0.25) is 0 Å². The molecule has 2 rings (SSSR count). The Hall–Kier alpha value is -1.39. The Morgan fingerprint density at radius 1 is 1.44 bits per heavy atom. The number of nitrogens with one attached hydrogen (secondary N) is 1. The summed E-state index contributed by atoms with van der Waals surface area (Å²) in [5, 5.41) is 6.69. The zero-order valence-electron chi connectivity index (χ0n) is 10.1. The molecule has 0 bridgehead atoms. The molecule has 1 aliphatic rings. The molecule has 1 aromatic rings. The van der Waals surface area contributed by atoms with Gasteiger partial charge in [0.1, 0.15) is 0 Å². The third-order valence-electron chi connectivity index (χ3n) is 2.71. The predicted molar refractivity (Wildman–Crippen MR) is 58.1 cm³/mol. The molecule has 1 saturated carbocycles. The Bertz CT molecular complexity index is 413. The van der Waals surface area contributed by atoms with Crippen LogP contribution in [0.1, 0.15) is 57.0 Å². The molecule has 16 heavy (non-hydrogen) atoms. The van der Waals surface area contributed by atoms with Crippen LogP contribution in [0.15, 0.2) is 4.52 Å². The summed E-state index contributed by atoms with van der Waals surface area (Å²) in [7, 11) is 0. The molecule has 5 nitrogen and oxygen atoms in total. The van der Waals surface area contributed by atoms with Crippen molar-refractivity contribution in [1.29, 1.82) is 0 Å². The van der Waals surface area contributed by atoms with Crippen LogP contribution in [0, 0.1) is 0 Å². The fraction of sp³-hybridized carbons (Fsp3) is 0.727. The molecular weight excluding hydrogens is 206 g/mol. The molecule has 0 saturated heterocycles. The largest absolute Gasteiger partial charge is 0.343 e. The van der Waals surface area contributed by atoms with E-state index >= 15 is 0 Å². The Kier molecular flexibility index (Phi) is 2.29. The lowest BCUT2D eigenvalue weighted by atomic mass is 9.96. The summed E-state index contributed by atoms with van der Waals surface area (Å²) in [4.78, 5) is 15.8. The lowest BCUT2D eigenvalue weighted by Crippen LogP contribution is -2.34. The number of hydrogen-bond acceptors (Lipinski definition) is 4. The minimum Gasteiger partial charge on any atom is -0.343 e. The zero-order valence-corrected chi connectivity index (χ0v) is 10.1. The summed E-state index contributed by atoms with van der Waals surface area (Å²) in [6.07, 6.45) is 2.03. The molecule has 1 heterocycles.